The van der Waals surface area contributed by atoms with E-state index in [1.807, 2.05) is 11.0 Å². The summed E-state index contributed by atoms with van der Waals surface area (Å²) >= 11 is 0. The van der Waals surface area contributed by atoms with Gasteiger partial charge in [0.25, 0.3) is 0 Å². The third-order valence-electron chi connectivity index (χ3n) is 3.03. The Labute approximate surface area is 99.9 Å². The molecule has 0 N–H and O–H groups in total. The molecule has 0 saturated carbocycles. The Morgan fingerprint density at radius 2 is 2.53 bits per heavy atom. The summed E-state index contributed by atoms with van der Waals surface area (Å²) in [6.07, 6.45) is 3.66. The molecule has 0 unspecified atom stereocenters. The second-order valence-corrected chi connectivity index (χ2v) is 4.48. The molecule has 1 aliphatic heterocycles. The predicted molar refractivity (Wildman–Crippen MR) is 59.7 cm³/mol. The number of nitriles is 1. The van der Waals surface area contributed by atoms with Crippen LogP contribution in [0.3, 0.4) is 0 Å². The molecule has 0 aromatic carbocycles. The van der Waals surface area contributed by atoms with E-state index in [0.29, 0.717) is 5.92 Å². The van der Waals surface area contributed by atoms with Crippen LogP contribution in [0.5, 0.6) is 0 Å². The minimum atomic E-state index is 0.0350. The monoisotopic (exact) mass is 233 g/mol. The molecule has 1 amide bonds. The number of likely N-dealkylation sites (tertiary alicyclic amines) is 1. The molecule has 1 aromatic heterocycles. The number of hydrogen-bond acceptors (Lipinski definition) is 4. The molecule has 6 heteroatoms. The van der Waals surface area contributed by atoms with Crippen molar-refractivity contribution < 1.29 is 4.79 Å². The van der Waals surface area contributed by atoms with Crippen LogP contribution >= 0.6 is 0 Å². The van der Waals surface area contributed by atoms with Gasteiger partial charge in [0.15, 0.2) is 0 Å². The molecule has 6 nitrogen and oxygen atoms in total. The average molecular weight is 233 g/mol. The van der Waals surface area contributed by atoms with Gasteiger partial charge in [-0.05, 0) is 18.8 Å². The third kappa shape index (κ3) is 2.61. The van der Waals surface area contributed by atoms with Gasteiger partial charge in [-0.15, -0.1) is 10.2 Å². The summed E-state index contributed by atoms with van der Waals surface area (Å²) in [7, 11) is 0. The first-order valence-electron chi connectivity index (χ1n) is 5.76. The predicted octanol–water partition coefficient (Wildman–Crippen LogP) is 0.408. The number of hydrogen-bond donors (Lipinski definition) is 0. The van der Waals surface area contributed by atoms with Crippen molar-refractivity contribution in [2.45, 2.75) is 26.3 Å². The molecule has 1 aromatic rings. The van der Waals surface area contributed by atoms with Crippen molar-refractivity contribution in [3.8, 4) is 6.07 Å². The lowest BCUT2D eigenvalue weighted by Gasteiger charge is -2.31. The normalized spacial score (nSPS) is 20.0. The Hall–Kier alpha value is -1.90. The maximum Gasteiger partial charge on any atom is 0.242 e. The summed E-state index contributed by atoms with van der Waals surface area (Å²) in [5.74, 6) is 0.778. The van der Waals surface area contributed by atoms with E-state index in [2.05, 4.69) is 17.1 Å². The number of carbonyl (C=O) groups excluding carboxylic acids is 1. The highest BCUT2D eigenvalue weighted by atomic mass is 16.2. The van der Waals surface area contributed by atoms with E-state index >= 15 is 0 Å². The lowest BCUT2D eigenvalue weighted by atomic mass is 10.0. The van der Waals surface area contributed by atoms with Crippen LogP contribution in [0.15, 0.2) is 6.33 Å². The zero-order valence-electron chi connectivity index (χ0n) is 9.83. The minimum Gasteiger partial charge on any atom is -0.341 e. The Balaban J connectivity index is 1.99. The van der Waals surface area contributed by atoms with Crippen LogP contribution < -0.4 is 0 Å². The van der Waals surface area contributed by atoms with E-state index < -0.39 is 0 Å². The topological polar surface area (TPSA) is 74.8 Å². The highest BCUT2D eigenvalue weighted by Crippen LogP contribution is 2.15. The molecular weight excluding hydrogens is 218 g/mol. The van der Waals surface area contributed by atoms with Crippen LogP contribution in [0.25, 0.3) is 0 Å². The first-order valence-corrected chi connectivity index (χ1v) is 5.76. The molecule has 17 heavy (non-hydrogen) atoms. The Morgan fingerprint density at radius 1 is 1.71 bits per heavy atom. The van der Waals surface area contributed by atoms with Gasteiger partial charge in [-0.2, -0.15) is 5.26 Å². The van der Waals surface area contributed by atoms with Crippen molar-refractivity contribution >= 4 is 5.91 Å². The minimum absolute atomic E-state index is 0.0350. The van der Waals surface area contributed by atoms with Gasteiger partial charge in [-0.1, -0.05) is 6.92 Å². The SMILES string of the molecule is C[C@H]1CCCN(C(=O)Cn2cnnc2C#N)C1. The summed E-state index contributed by atoms with van der Waals surface area (Å²) in [6, 6.07) is 1.91. The van der Waals surface area contributed by atoms with E-state index in [9.17, 15) is 4.79 Å². The lowest BCUT2D eigenvalue weighted by molar-refractivity contribution is -0.133. The molecular formula is C11H15N5O. The van der Waals surface area contributed by atoms with Gasteiger partial charge in [0.1, 0.15) is 18.9 Å². The smallest absolute Gasteiger partial charge is 0.242 e. The van der Waals surface area contributed by atoms with Crippen molar-refractivity contribution in [2.75, 3.05) is 13.1 Å². The van der Waals surface area contributed by atoms with Crippen molar-refractivity contribution in [2.24, 2.45) is 5.92 Å². The second kappa shape index (κ2) is 4.95. The quantitative estimate of drug-likeness (QED) is 0.741. The van der Waals surface area contributed by atoms with E-state index in [1.54, 1.807) is 0 Å². The number of carbonyl (C=O) groups is 1. The molecule has 90 valence electrons. The standard InChI is InChI=1S/C11H15N5O/c1-9-3-2-4-15(6-9)11(17)7-16-8-13-14-10(16)5-12/h8-9H,2-4,6-7H2,1H3/t9-/m0/s1. The van der Waals surface area contributed by atoms with Crippen molar-refractivity contribution in [1.82, 2.24) is 19.7 Å². The van der Waals surface area contributed by atoms with Gasteiger partial charge >= 0.3 is 0 Å². The molecule has 2 heterocycles. The third-order valence-corrected chi connectivity index (χ3v) is 3.03. The van der Waals surface area contributed by atoms with Crippen LogP contribution in [0.4, 0.5) is 0 Å². The largest absolute Gasteiger partial charge is 0.341 e. The summed E-state index contributed by atoms with van der Waals surface area (Å²) in [6.45, 7) is 3.93. The van der Waals surface area contributed by atoms with Crippen LogP contribution in [0, 0.1) is 17.2 Å². The first kappa shape index (κ1) is 11.6. The van der Waals surface area contributed by atoms with E-state index in [4.69, 9.17) is 5.26 Å². The zero-order valence-corrected chi connectivity index (χ0v) is 9.83. The zero-order chi connectivity index (χ0) is 12.3. The maximum atomic E-state index is 12.0. The lowest BCUT2D eigenvalue weighted by Crippen LogP contribution is -2.40. The average Bonchev–Trinajstić information content (AvgIpc) is 2.76. The molecule has 2 rings (SSSR count). The molecule has 0 spiro atoms. The molecule has 1 saturated heterocycles. The highest BCUT2D eigenvalue weighted by molar-refractivity contribution is 5.76. The molecule has 0 radical (unpaired) electrons. The highest BCUT2D eigenvalue weighted by Gasteiger charge is 2.21. The van der Waals surface area contributed by atoms with Crippen molar-refractivity contribution in [3.63, 3.8) is 0 Å². The van der Waals surface area contributed by atoms with Gasteiger partial charge in [-0.25, -0.2) is 0 Å². The van der Waals surface area contributed by atoms with Gasteiger partial charge in [0, 0.05) is 13.1 Å². The summed E-state index contributed by atoms with van der Waals surface area (Å²) in [5.41, 5.74) is 0. The van der Waals surface area contributed by atoms with Gasteiger partial charge in [0.2, 0.25) is 11.7 Å². The number of rotatable bonds is 2. The Morgan fingerprint density at radius 3 is 3.24 bits per heavy atom. The Bertz CT molecular complexity index is 447. The van der Waals surface area contributed by atoms with E-state index in [1.165, 1.54) is 17.3 Å². The number of nitrogens with zero attached hydrogens (tertiary/aromatic N) is 5. The number of piperidine rings is 1. The van der Waals surface area contributed by atoms with Crippen molar-refractivity contribution in [3.05, 3.63) is 12.2 Å². The molecule has 1 fully saturated rings. The van der Waals surface area contributed by atoms with Gasteiger partial charge < -0.3 is 4.90 Å². The fraction of sp³-hybridized carbons (Fsp3) is 0.636. The van der Waals surface area contributed by atoms with Crippen LogP contribution in [-0.2, 0) is 11.3 Å². The molecule has 1 aliphatic rings. The molecule has 0 aliphatic carbocycles. The fourth-order valence-corrected chi connectivity index (χ4v) is 2.12. The summed E-state index contributed by atoms with van der Waals surface area (Å²) in [4.78, 5) is 13.9. The summed E-state index contributed by atoms with van der Waals surface area (Å²) < 4.78 is 1.49. The van der Waals surface area contributed by atoms with Crippen LogP contribution in [-0.4, -0.2) is 38.7 Å². The van der Waals surface area contributed by atoms with Gasteiger partial charge in [0.05, 0.1) is 0 Å². The number of aromatic nitrogens is 3. The van der Waals surface area contributed by atoms with E-state index in [0.717, 1.165) is 19.5 Å². The fourth-order valence-electron chi connectivity index (χ4n) is 2.12. The number of amides is 1. The second-order valence-electron chi connectivity index (χ2n) is 4.48. The Kier molecular flexibility index (Phi) is 3.38. The maximum absolute atomic E-state index is 12.0. The summed E-state index contributed by atoms with van der Waals surface area (Å²) in [5, 5.41) is 16.0. The van der Waals surface area contributed by atoms with E-state index in [-0.39, 0.29) is 18.3 Å². The first-order chi connectivity index (χ1) is 8.20. The molecule has 0 bridgehead atoms. The van der Waals surface area contributed by atoms with Crippen LogP contribution in [0.1, 0.15) is 25.6 Å². The van der Waals surface area contributed by atoms with Gasteiger partial charge in [-0.3, -0.25) is 9.36 Å². The van der Waals surface area contributed by atoms with Crippen molar-refractivity contribution in [1.29, 1.82) is 5.26 Å². The molecule has 1 atom stereocenters. The van der Waals surface area contributed by atoms with Crippen LogP contribution in [0.2, 0.25) is 0 Å².